The van der Waals surface area contributed by atoms with Crippen LogP contribution >= 0.6 is 11.6 Å². The van der Waals surface area contributed by atoms with Gasteiger partial charge in [-0.05, 0) is 24.6 Å². The summed E-state index contributed by atoms with van der Waals surface area (Å²) in [6, 6.07) is 5.33. The molecular formula is C15H16ClN5O3. The SMILES string of the molecule is Cc1ccc(Nc2ncnc(N3CCOCC3)c2[N+](=O)[O-])cc1Cl. The third-order valence-corrected chi connectivity index (χ3v) is 4.14. The van der Waals surface area contributed by atoms with Gasteiger partial charge < -0.3 is 15.0 Å². The fourth-order valence-electron chi connectivity index (χ4n) is 2.44. The molecule has 3 rings (SSSR count). The third-order valence-electron chi connectivity index (χ3n) is 3.73. The summed E-state index contributed by atoms with van der Waals surface area (Å²) in [6.45, 7) is 4.01. The average Bonchev–Trinajstić information content (AvgIpc) is 2.58. The summed E-state index contributed by atoms with van der Waals surface area (Å²) in [4.78, 5) is 21.1. The second kappa shape index (κ2) is 6.98. The van der Waals surface area contributed by atoms with Crippen LogP contribution in [0.15, 0.2) is 24.5 Å². The number of nitrogens with one attached hydrogen (secondary N) is 1. The molecular weight excluding hydrogens is 334 g/mol. The highest BCUT2D eigenvalue weighted by Gasteiger charge is 2.28. The Labute approximate surface area is 143 Å². The van der Waals surface area contributed by atoms with E-state index in [1.165, 1.54) is 6.33 Å². The van der Waals surface area contributed by atoms with Crippen LogP contribution in [0.2, 0.25) is 5.02 Å². The molecule has 1 aliphatic rings. The molecule has 0 spiro atoms. The maximum atomic E-state index is 11.6. The first kappa shape index (κ1) is 16.4. The second-order valence-electron chi connectivity index (χ2n) is 5.34. The summed E-state index contributed by atoms with van der Waals surface area (Å²) in [7, 11) is 0. The molecule has 1 aliphatic heterocycles. The van der Waals surface area contributed by atoms with Crippen molar-refractivity contribution in [3.63, 3.8) is 0 Å². The molecule has 126 valence electrons. The van der Waals surface area contributed by atoms with Crippen molar-refractivity contribution in [2.24, 2.45) is 0 Å². The van der Waals surface area contributed by atoms with Crippen LogP contribution in [-0.2, 0) is 4.74 Å². The minimum atomic E-state index is -0.469. The largest absolute Gasteiger partial charge is 0.378 e. The van der Waals surface area contributed by atoms with Gasteiger partial charge in [-0.15, -0.1) is 0 Å². The van der Waals surface area contributed by atoms with Gasteiger partial charge in [0.05, 0.1) is 18.1 Å². The average molecular weight is 350 g/mol. The van der Waals surface area contributed by atoms with E-state index in [2.05, 4.69) is 15.3 Å². The summed E-state index contributed by atoms with van der Waals surface area (Å²) in [5.74, 6) is 0.426. The molecule has 1 fully saturated rings. The number of aryl methyl sites for hydroxylation is 1. The third kappa shape index (κ3) is 3.39. The molecule has 1 N–H and O–H groups in total. The molecule has 1 aromatic heterocycles. The van der Waals surface area contributed by atoms with E-state index < -0.39 is 4.92 Å². The lowest BCUT2D eigenvalue weighted by atomic mass is 10.2. The smallest absolute Gasteiger partial charge is 0.353 e. The highest BCUT2D eigenvalue weighted by molar-refractivity contribution is 6.31. The Kier molecular flexibility index (Phi) is 4.77. The van der Waals surface area contributed by atoms with Gasteiger partial charge >= 0.3 is 5.69 Å². The van der Waals surface area contributed by atoms with E-state index in [9.17, 15) is 10.1 Å². The summed E-state index contributed by atoms with van der Waals surface area (Å²) in [5.41, 5.74) is 1.39. The quantitative estimate of drug-likeness (QED) is 0.670. The highest BCUT2D eigenvalue weighted by Crippen LogP contribution is 2.34. The lowest BCUT2D eigenvalue weighted by molar-refractivity contribution is -0.383. The van der Waals surface area contributed by atoms with Gasteiger partial charge in [0.25, 0.3) is 0 Å². The summed E-state index contributed by atoms with van der Waals surface area (Å²) < 4.78 is 5.29. The van der Waals surface area contributed by atoms with Crippen molar-refractivity contribution in [2.75, 3.05) is 36.5 Å². The van der Waals surface area contributed by atoms with Crippen molar-refractivity contribution in [1.29, 1.82) is 0 Å². The normalized spacial score (nSPS) is 14.5. The molecule has 0 unspecified atom stereocenters. The van der Waals surface area contributed by atoms with Crippen molar-refractivity contribution in [3.05, 3.63) is 45.2 Å². The topological polar surface area (TPSA) is 93.4 Å². The maximum absolute atomic E-state index is 11.6. The van der Waals surface area contributed by atoms with Gasteiger partial charge in [-0.3, -0.25) is 10.1 Å². The van der Waals surface area contributed by atoms with E-state index in [-0.39, 0.29) is 11.5 Å². The lowest BCUT2D eigenvalue weighted by Crippen LogP contribution is -2.37. The van der Waals surface area contributed by atoms with E-state index in [4.69, 9.17) is 16.3 Å². The first-order chi connectivity index (χ1) is 11.6. The molecule has 0 atom stereocenters. The number of ether oxygens (including phenoxy) is 1. The molecule has 1 saturated heterocycles. The van der Waals surface area contributed by atoms with Gasteiger partial charge in [0.15, 0.2) is 0 Å². The lowest BCUT2D eigenvalue weighted by Gasteiger charge is -2.27. The molecule has 0 radical (unpaired) electrons. The van der Waals surface area contributed by atoms with Crippen molar-refractivity contribution >= 4 is 34.6 Å². The molecule has 0 bridgehead atoms. The number of aromatic nitrogens is 2. The van der Waals surface area contributed by atoms with E-state index in [1.807, 2.05) is 17.9 Å². The van der Waals surface area contributed by atoms with Crippen molar-refractivity contribution in [1.82, 2.24) is 9.97 Å². The molecule has 24 heavy (non-hydrogen) atoms. The first-order valence-corrected chi connectivity index (χ1v) is 7.79. The maximum Gasteiger partial charge on any atom is 0.353 e. The Morgan fingerprint density at radius 2 is 2.08 bits per heavy atom. The molecule has 9 heteroatoms. The Morgan fingerprint density at radius 1 is 1.33 bits per heavy atom. The van der Waals surface area contributed by atoms with Gasteiger partial charge in [0, 0.05) is 23.8 Å². The monoisotopic (exact) mass is 349 g/mol. The number of nitro groups is 1. The molecule has 1 aromatic carbocycles. The number of benzene rings is 1. The van der Waals surface area contributed by atoms with E-state index in [0.29, 0.717) is 42.8 Å². The van der Waals surface area contributed by atoms with Gasteiger partial charge in [0.2, 0.25) is 11.6 Å². The van der Waals surface area contributed by atoms with Crippen LogP contribution in [-0.4, -0.2) is 41.2 Å². The summed E-state index contributed by atoms with van der Waals surface area (Å²) >= 11 is 6.11. The zero-order valence-electron chi connectivity index (χ0n) is 13.0. The van der Waals surface area contributed by atoms with Crippen LogP contribution in [0.1, 0.15) is 5.56 Å². The van der Waals surface area contributed by atoms with Crippen molar-refractivity contribution in [3.8, 4) is 0 Å². The predicted molar refractivity (Wildman–Crippen MR) is 91.2 cm³/mol. The molecule has 8 nitrogen and oxygen atoms in total. The van der Waals surface area contributed by atoms with Crippen LogP contribution in [0.5, 0.6) is 0 Å². The zero-order valence-corrected chi connectivity index (χ0v) is 13.8. The number of morpholine rings is 1. The van der Waals surface area contributed by atoms with Crippen LogP contribution in [0, 0.1) is 17.0 Å². The van der Waals surface area contributed by atoms with E-state index in [0.717, 1.165) is 5.56 Å². The molecule has 2 aromatic rings. The molecule has 0 amide bonds. The molecule has 0 aliphatic carbocycles. The number of nitrogens with zero attached hydrogens (tertiary/aromatic N) is 4. The van der Waals surface area contributed by atoms with Crippen LogP contribution in [0.25, 0.3) is 0 Å². The Morgan fingerprint density at radius 3 is 2.75 bits per heavy atom. The number of hydrogen-bond donors (Lipinski definition) is 1. The number of hydrogen-bond acceptors (Lipinski definition) is 7. The molecule has 2 heterocycles. The number of rotatable bonds is 4. The van der Waals surface area contributed by atoms with Gasteiger partial charge in [-0.25, -0.2) is 9.97 Å². The second-order valence-corrected chi connectivity index (χ2v) is 5.75. The predicted octanol–water partition coefficient (Wildman–Crippen LogP) is 2.93. The highest BCUT2D eigenvalue weighted by atomic mass is 35.5. The Bertz CT molecular complexity index is 765. The molecule has 0 saturated carbocycles. The Hall–Kier alpha value is -2.45. The fraction of sp³-hybridized carbons (Fsp3) is 0.333. The minimum absolute atomic E-state index is 0.136. The summed E-state index contributed by atoms with van der Waals surface area (Å²) in [5, 5.41) is 15.1. The fourth-order valence-corrected chi connectivity index (χ4v) is 2.62. The first-order valence-electron chi connectivity index (χ1n) is 7.41. The number of anilines is 3. The Balaban J connectivity index is 1.97. The minimum Gasteiger partial charge on any atom is -0.378 e. The summed E-state index contributed by atoms with van der Waals surface area (Å²) in [6.07, 6.45) is 1.32. The van der Waals surface area contributed by atoms with E-state index >= 15 is 0 Å². The van der Waals surface area contributed by atoms with Crippen LogP contribution < -0.4 is 10.2 Å². The van der Waals surface area contributed by atoms with Crippen LogP contribution in [0.3, 0.4) is 0 Å². The van der Waals surface area contributed by atoms with E-state index in [1.54, 1.807) is 12.1 Å². The van der Waals surface area contributed by atoms with Gasteiger partial charge in [-0.1, -0.05) is 17.7 Å². The zero-order chi connectivity index (χ0) is 17.1. The van der Waals surface area contributed by atoms with Crippen LogP contribution in [0.4, 0.5) is 23.0 Å². The van der Waals surface area contributed by atoms with Crippen molar-refractivity contribution in [2.45, 2.75) is 6.92 Å². The van der Waals surface area contributed by atoms with Gasteiger partial charge in [-0.2, -0.15) is 0 Å². The van der Waals surface area contributed by atoms with Crippen molar-refractivity contribution < 1.29 is 9.66 Å². The standard InChI is InChI=1S/C15H16ClN5O3/c1-10-2-3-11(8-12(10)16)19-14-13(21(22)23)15(18-9-17-14)20-4-6-24-7-5-20/h2-3,8-9H,4-7H2,1H3,(H,17,18,19). The van der Waals surface area contributed by atoms with Gasteiger partial charge in [0.1, 0.15) is 6.33 Å². The number of halogens is 1.